The van der Waals surface area contributed by atoms with Crippen LogP contribution < -0.4 is 22.1 Å². The van der Waals surface area contributed by atoms with Gasteiger partial charge in [0.05, 0.1) is 5.52 Å². The molecule has 1 amide bonds. The Kier molecular flexibility index (Phi) is 5.22. The number of fused-ring (bicyclic) bond motifs is 1. The zero-order valence-corrected chi connectivity index (χ0v) is 16.2. The molecule has 0 saturated heterocycles. The summed E-state index contributed by atoms with van der Waals surface area (Å²) < 4.78 is 0. The number of aryl methyl sites for hydroxylation is 1. The van der Waals surface area contributed by atoms with Crippen LogP contribution in [0.3, 0.4) is 0 Å². The molecule has 2 atom stereocenters. The molecule has 150 valence electrons. The SMILES string of the molecule is Cc1cc(Nc2nc(N[C@@H]3CCCC[C@@H]3N)nnc2C(N)=O)cc2cccnc12. The lowest BCUT2D eigenvalue weighted by atomic mass is 9.91. The Hall–Kier alpha value is -3.33. The summed E-state index contributed by atoms with van der Waals surface area (Å²) in [6.07, 6.45) is 5.90. The molecule has 0 aliphatic heterocycles. The minimum absolute atomic E-state index is 0.0209. The number of aromatic nitrogens is 4. The van der Waals surface area contributed by atoms with E-state index in [0.717, 1.165) is 47.8 Å². The molecule has 3 aromatic rings. The van der Waals surface area contributed by atoms with E-state index < -0.39 is 5.91 Å². The number of nitrogens with two attached hydrogens (primary N) is 2. The lowest BCUT2D eigenvalue weighted by molar-refractivity contribution is 0.0995. The Morgan fingerprint density at radius 1 is 1.21 bits per heavy atom. The number of pyridine rings is 1. The Balaban J connectivity index is 1.65. The van der Waals surface area contributed by atoms with Crippen molar-refractivity contribution in [3.05, 3.63) is 41.7 Å². The first-order chi connectivity index (χ1) is 14.0. The number of carbonyl (C=O) groups is 1. The van der Waals surface area contributed by atoms with E-state index in [2.05, 4.69) is 30.8 Å². The number of carbonyl (C=O) groups excluding carboxylic acids is 1. The standard InChI is InChI=1S/C20H24N8O/c1-11-9-13(10-12-5-4-8-23-16(11)12)24-19-17(18(22)29)27-28-20(26-19)25-15-7-3-2-6-14(15)21/h4-5,8-10,14-15H,2-3,6-7,21H2,1H3,(H2,22,29)(H2,24,25,26,28)/t14-,15+/m0/s1. The van der Waals surface area contributed by atoms with Gasteiger partial charge in [-0.05, 0) is 43.5 Å². The quantitative estimate of drug-likeness (QED) is 0.517. The first-order valence-electron chi connectivity index (χ1n) is 9.70. The van der Waals surface area contributed by atoms with Gasteiger partial charge < -0.3 is 22.1 Å². The molecule has 1 aromatic carbocycles. The van der Waals surface area contributed by atoms with Crippen molar-refractivity contribution >= 4 is 34.3 Å². The summed E-state index contributed by atoms with van der Waals surface area (Å²) in [7, 11) is 0. The molecule has 1 fully saturated rings. The molecule has 0 unspecified atom stereocenters. The third-order valence-corrected chi connectivity index (χ3v) is 5.21. The molecule has 9 nitrogen and oxygen atoms in total. The number of primary amides is 1. The van der Waals surface area contributed by atoms with E-state index >= 15 is 0 Å². The van der Waals surface area contributed by atoms with Crippen LogP contribution in [0.2, 0.25) is 0 Å². The molecular weight excluding hydrogens is 368 g/mol. The van der Waals surface area contributed by atoms with E-state index in [0.29, 0.717) is 5.95 Å². The number of anilines is 3. The third kappa shape index (κ3) is 4.09. The van der Waals surface area contributed by atoms with Crippen LogP contribution in [-0.2, 0) is 0 Å². The van der Waals surface area contributed by atoms with Crippen molar-refractivity contribution in [3.8, 4) is 0 Å². The topological polar surface area (TPSA) is 145 Å². The second-order valence-corrected chi connectivity index (χ2v) is 7.39. The van der Waals surface area contributed by atoms with Crippen LogP contribution in [0.5, 0.6) is 0 Å². The Bertz CT molecular complexity index is 1050. The van der Waals surface area contributed by atoms with Crippen molar-refractivity contribution in [1.82, 2.24) is 20.2 Å². The summed E-state index contributed by atoms with van der Waals surface area (Å²) in [5, 5.41) is 15.4. The molecule has 9 heteroatoms. The molecule has 0 spiro atoms. The molecule has 1 aliphatic rings. The lowest BCUT2D eigenvalue weighted by Gasteiger charge is -2.29. The van der Waals surface area contributed by atoms with E-state index in [1.54, 1.807) is 6.20 Å². The van der Waals surface area contributed by atoms with Gasteiger partial charge in [-0.1, -0.05) is 18.9 Å². The number of benzene rings is 1. The minimum Gasteiger partial charge on any atom is -0.364 e. The molecule has 2 aromatic heterocycles. The van der Waals surface area contributed by atoms with Crippen molar-refractivity contribution in [1.29, 1.82) is 0 Å². The van der Waals surface area contributed by atoms with Gasteiger partial charge >= 0.3 is 0 Å². The van der Waals surface area contributed by atoms with E-state index in [-0.39, 0.29) is 23.6 Å². The van der Waals surface area contributed by atoms with Crippen LogP contribution in [0.4, 0.5) is 17.5 Å². The van der Waals surface area contributed by atoms with Crippen LogP contribution in [0, 0.1) is 6.92 Å². The first kappa shape index (κ1) is 19.0. The van der Waals surface area contributed by atoms with Gasteiger partial charge in [0.1, 0.15) is 0 Å². The van der Waals surface area contributed by atoms with Gasteiger partial charge in [-0.3, -0.25) is 9.78 Å². The molecule has 6 N–H and O–H groups in total. The summed E-state index contributed by atoms with van der Waals surface area (Å²) >= 11 is 0. The van der Waals surface area contributed by atoms with E-state index in [1.807, 2.05) is 31.2 Å². The highest BCUT2D eigenvalue weighted by Crippen LogP contribution is 2.26. The Morgan fingerprint density at radius 2 is 2.03 bits per heavy atom. The highest BCUT2D eigenvalue weighted by Gasteiger charge is 2.23. The van der Waals surface area contributed by atoms with Crippen LogP contribution in [0.25, 0.3) is 10.9 Å². The maximum Gasteiger partial charge on any atom is 0.273 e. The van der Waals surface area contributed by atoms with Gasteiger partial charge in [-0.15, -0.1) is 10.2 Å². The zero-order chi connectivity index (χ0) is 20.4. The van der Waals surface area contributed by atoms with Crippen LogP contribution >= 0.6 is 0 Å². The Morgan fingerprint density at radius 3 is 2.83 bits per heavy atom. The molecule has 0 bridgehead atoms. The molecule has 1 saturated carbocycles. The number of nitrogens with zero attached hydrogens (tertiary/aromatic N) is 4. The normalized spacial score (nSPS) is 19.1. The van der Waals surface area contributed by atoms with Gasteiger partial charge in [-0.2, -0.15) is 4.98 Å². The van der Waals surface area contributed by atoms with E-state index in [9.17, 15) is 4.79 Å². The van der Waals surface area contributed by atoms with Gasteiger partial charge in [0.25, 0.3) is 5.91 Å². The summed E-state index contributed by atoms with van der Waals surface area (Å²) in [5.41, 5.74) is 14.3. The maximum atomic E-state index is 11.8. The molecule has 0 radical (unpaired) electrons. The molecule has 4 rings (SSSR count). The number of nitrogens with one attached hydrogen (secondary N) is 2. The van der Waals surface area contributed by atoms with Crippen molar-refractivity contribution < 1.29 is 4.79 Å². The van der Waals surface area contributed by atoms with Gasteiger partial charge in [-0.25, -0.2) is 0 Å². The lowest BCUT2D eigenvalue weighted by Crippen LogP contribution is -2.43. The predicted octanol–water partition coefficient (Wildman–Crippen LogP) is 2.25. The second kappa shape index (κ2) is 7.96. The molecular formula is C20H24N8O. The van der Waals surface area contributed by atoms with Crippen LogP contribution in [-0.4, -0.2) is 38.2 Å². The molecule has 2 heterocycles. The first-order valence-corrected chi connectivity index (χ1v) is 9.70. The minimum atomic E-state index is -0.701. The van der Waals surface area contributed by atoms with Crippen molar-refractivity contribution in [3.63, 3.8) is 0 Å². The smallest absolute Gasteiger partial charge is 0.273 e. The molecule has 29 heavy (non-hydrogen) atoms. The second-order valence-electron chi connectivity index (χ2n) is 7.39. The van der Waals surface area contributed by atoms with Crippen molar-refractivity contribution in [2.24, 2.45) is 11.5 Å². The summed E-state index contributed by atoms with van der Waals surface area (Å²) in [4.78, 5) is 20.7. The average Bonchev–Trinajstić information content (AvgIpc) is 2.70. The van der Waals surface area contributed by atoms with Crippen LogP contribution in [0.1, 0.15) is 41.7 Å². The predicted molar refractivity (Wildman–Crippen MR) is 112 cm³/mol. The van der Waals surface area contributed by atoms with Crippen LogP contribution in [0.15, 0.2) is 30.5 Å². The summed E-state index contributed by atoms with van der Waals surface area (Å²) in [5.74, 6) is -0.131. The van der Waals surface area contributed by atoms with Crippen molar-refractivity contribution in [2.45, 2.75) is 44.7 Å². The monoisotopic (exact) mass is 392 g/mol. The number of rotatable bonds is 5. The number of amides is 1. The zero-order valence-electron chi connectivity index (χ0n) is 16.2. The summed E-state index contributed by atoms with van der Waals surface area (Å²) in [6, 6.07) is 7.84. The third-order valence-electron chi connectivity index (χ3n) is 5.21. The van der Waals surface area contributed by atoms with Crippen molar-refractivity contribution in [2.75, 3.05) is 10.6 Å². The maximum absolute atomic E-state index is 11.8. The van der Waals surface area contributed by atoms with Gasteiger partial charge in [0.15, 0.2) is 11.5 Å². The summed E-state index contributed by atoms with van der Waals surface area (Å²) in [6.45, 7) is 1.98. The Labute approximate surface area is 168 Å². The number of hydrogen-bond acceptors (Lipinski definition) is 8. The highest BCUT2D eigenvalue weighted by atomic mass is 16.1. The number of hydrogen-bond donors (Lipinski definition) is 4. The molecule has 1 aliphatic carbocycles. The fourth-order valence-electron chi connectivity index (χ4n) is 3.73. The van der Waals surface area contributed by atoms with E-state index in [4.69, 9.17) is 11.5 Å². The fourth-order valence-corrected chi connectivity index (χ4v) is 3.73. The van der Waals surface area contributed by atoms with E-state index in [1.165, 1.54) is 0 Å². The van der Waals surface area contributed by atoms with Gasteiger partial charge in [0.2, 0.25) is 5.95 Å². The average molecular weight is 392 g/mol. The largest absolute Gasteiger partial charge is 0.364 e. The fraction of sp³-hybridized carbons (Fsp3) is 0.350. The van der Waals surface area contributed by atoms with Gasteiger partial charge in [0, 0.05) is 29.4 Å². The highest BCUT2D eigenvalue weighted by molar-refractivity contribution is 5.96.